The lowest BCUT2D eigenvalue weighted by molar-refractivity contribution is 0.821. The molecular weight excluding hydrogens is 530 g/mol. The number of benzene rings is 4. The molecule has 0 aliphatic heterocycles. The molecule has 6 rings (SSSR count). The summed E-state index contributed by atoms with van der Waals surface area (Å²) in [7, 11) is 0. The molecule has 1 aliphatic rings. The molecule has 0 radical (unpaired) electrons. The smallest absolute Gasteiger partial charge is 0.0273 e. The van der Waals surface area contributed by atoms with Crippen molar-refractivity contribution in [3.8, 4) is 22.3 Å². The molecule has 0 saturated carbocycles. The molecule has 0 fully saturated rings. The van der Waals surface area contributed by atoms with Gasteiger partial charge >= 0.3 is 0 Å². The van der Waals surface area contributed by atoms with Crippen LogP contribution in [0.5, 0.6) is 0 Å². The Morgan fingerprint density at radius 1 is 0.773 bits per heavy atom. The molecule has 1 unspecified atom stereocenters. The summed E-state index contributed by atoms with van der Waals surface area (Å²) in [5, 5.41) is 2.56. The highest BCUT2D eigenvalue weighted by Crippen LogP contribution is 2.40. The number of fused-ring (bicyclic) bond motifs is 1. The quantitative estimate of drug-likeness (QED) is 0.169. The number of aromatic nitrogens is 1. The van der Waals surface area contributed by atoms with Gasteiger partial charge in [-0.3, -0.25) is 4.98 Å². The molecule has 4 aromatic carbocycles. The maximum Gasteiger partial charge on any atom is 0.0273 e. The average Bonchev–Trinajstić information content (AvgIpc) is 3.10. The Labute approximate surface area is 262 Å². The summed E-state index contributed by atoms with van der Waals surface area (Å²) >= 11 is 0. The summed E-state index contributed by atoms with van der Waals surface area (Å²) in [5.41, 5.74) is 12.7. The zero-order chi connectivity index (χ0) is 30.3. The number of nitrogens with zero attached hydrogens (tertiary/aromatic N) is 1. The first-order chi connectivity index (χ1) is 21.6. The van der Waals surface area contributed by atoms with Gasteiger partial charge in [-0.05, 0) is 105 Å². The molecule has 1 nitrogen and oxygen atoms in total. The molecule has 44 heavy (non-hydrogen) atoms. The zero-order valence-electron chi connectivity index (χ0n) is 25.7. The maximum atomic E-state index is 4.16. The second-order valence-corrected chi connectivity index (χ2v) is 11.6. The molecule has 0 amide bonds. The molecule has 0 saturated heterocycles. The first-order valence-electron chi connectivity index (χ1n) is 15.6. The lowest BCUT2D eigenvalue weighted by Gasteiger charge is -2.23. The Kier molecular flexibility index (Phi) is 8.94. The predicted molar refractivity (Wildman–Crippen MR) is 189 cm³/mol. The molecule has 5 aromatic rings. The largest absolute Gasteiger partial charge is 0.265 e. The second kappa shape index (κ2) is 13.5. The monoisotopic (exact) mass is 569 g/mol. The van der Waals surface area contributed by atoms with Crippen molar-refractivity contribution in [1.82, 2.24) is 4.98 Å². The van der Waals surface area contributed by atoms with Gasteiger partial charge in [0, 0.05) is 18.3 Å². The van der Waals surface area contributed by atoms with Crippen molar-refractivity contribution >= 4 is 16.3 Å². The van der Waals surface area contributed by atoms with Gasteiger partial charge in [-0.25, -0.2) is 0 Å². The second-order valence-electron chi connectivity index (χ2n) is 11.6. The Morgan fingerprint density at radius 3 is 2.23 bits per heavy atom. The van der Waals surface area contributed by atoms with E-state index in [2.05, 4.69) is 153 Å². The number of rotatable bonds is 8. The van der Waals surface area contributed by atoms with Crippen LogP contribution >= 0.6 is 0 Å². The van der Waals surface area contributed by atoms with Crippen LogP contribution in [0.1, 0.15) is 50.2 Å². The Morgan fingerprint density at radius 2 is 1.50 bits per heavy atom. The first-order valence-corrected chi connectivity index (χ1v) is 15.6. The highest BCUT2D eigenvalue weighted by molar-refractivity contribution is 5.89. The third-order valence-electron chi connectivity index (χ3n) is 8.86. The van der Waals surface area contributed by atoms with Gasteiger partial charge < -0.3 is 0 Å². The Bertz CT molecular complexity index is 1900. The first kappa shape index (κ1) is 29.1. The molecular formula is C43H39N. The van der Waals surface area contributed by atoms with E-state index in [1.807, 2.05) is 18.5 Å². The third kappa shape index (κ3) is 6.33. The van der Waals surface area contributed by atoms with Crippen LogP contribution in [0.4, 0.5) is 0 Å². The average molecular weight is 570 g/mol. The Hall–Kier alpha value is -5.01. The van der Waals surface area contributed by atoms with Gasteiger partial charge in [-0.1, -0.05) is 134 Å². The van der Waals surface area contributed by atoms with Crippen LogP contribution < -0.4 is 0 Å². The molecule has 1 aliphatic carbocycles. The summed E-state index contributed by atoms with van der Waals surface area (Å²) in [6, 6.07) is 37.5. The fourth-order valence-electron chi connectivity index (χ4n) is 6.23. The molecule has 1 aromatic heterocycles. The zero-order valence-corrected chi connectivity index (χ0v) is 25.7. The molecule has 0 N–H and O–H groups in total. The van der Waals surface area contributed by atoms with Crippen molar-refractivity contribution in [2.75, 3.05) is 0 Å². The van der Waals surface area contributed by atoms with E-state index in [0.29, 0.717) is 0 Å². The minimum atomic E-state index is 0.246. The van der Waals surface area contributed by atoms with Crippen molar-refractivity contribution in [3.63, 3.8) is 0 Å². The number of hydrogen-bond acceptors (Lipinski definition) is 1. The molecule has 0 bridgehead atoms. The van der Waals surface area contributed by atoms with E-state index < -0.39 is 0 Å². The van der Waals surface area contributed by atoms with Crippen LogP contribution in [0.3, 0.4) is 0 Å². The van der Waals surface area contributed by atoms with Gasteiger partial charge in [0.05, 0.1) is 0 Å². The number of allylic oxidation sites excluding steroid dienone is 9. The summed E-state index contributed by atoms with van der Waals surface area (Å²) in [5.74, 6) is 0.246. The van der Waals surface area contributed by atoms with Gasteiger partial charge in [-0.2, -0.15) is 0 Å². The van der Waals surface area contributed by atoms with Crippen LogP contribution in [0.2, 0.25) is 0 Å². The normalized spacial score (nSPS) is 15.7. The minimum Gasteiger partial charge on any atom is -0.265 e. The van der Waals surface area contributed by atoms with E-state index >= 15 is 0 Å². The molecule has 0 spiro atoms. The summed E-state index contributed by atoms with van der Waals surface area (Å²) in [6.45, 7) is 8.65. The lowest BCUT2D eigenvalue weighted by Crippen LogP contribution is -2.04. The van der Waals surface area contributed by atoms with Crippen LogP contribution in [-0.2, 0) is 0 Å². The molecule has 1 heterocycles. The van der Waals surface area contributed by atoms with Crippen molar-refractivity contribution in [3.05, 3.63) is 180 Å². The highest BCUT2D eigenvalue weighted by Gasteiger charge is 2.19. The minimum absolute atomic E-state index is 0.246. The topological polar surface area (TPSA) is 12.9 Å². The Balaban J connectivity index is 1.45. The molecule has 1 heteroatoms. The van der Waals surface area contributed by atoms with Gasteiger partial charge in [0.1, 0.15) is 0 Å². The van der Waals surface area contributed by atoms with Crippen LogP contribution in [0, 0.1) is 0 Å². The van der Waals surface area contributed by atoms with Crippen molar-refractivity contribution in [1.29, 1.82) is 0 Å². The molecule has 1 atom stereocenters. The SMILES string of the molecule is C=C\C=C/C(=C(\C)C(C)c1ccc2ccccc2c1)C(=C1/C=CCCC1)/c1cccc(-c2ccc(-c3ccncc3)cc2)c1. The molecule has 216 valence electrons. The van der Waals surface area contributed by atoms with Crippen molar-refractivity contribution < 1.29 is 0 Å². The van der Waals surface area contributed by atoms with Crippen molar-refractivity contribution in [2.24, 2.45) is 0 Å². The highest BCUT2D eigenvalue weighted by atomic mass is 14.6. The lowest BCUT2D eigenvalue weighted by atomic mass is 9.81. The van der Waals surface area contributed by atoms with E-state index in [0.717, 1.165) is 12.8 Å². The van der Waals surface area contributed by atoms with E-state index in [-0.39, 0.29) is 5.92 Å². The standard InChI is InChI=1S/C43H39N/c1-4-5-18-42(32(3)31(2)38-24-23-33-12-9-10-15-39(33)29-38)43(37-13-7-6-8-14-37)41-17-11-16-40(30-41)35-21-19-34(20-22-35)36-25-27-44-28-26-36/h4-5,7,9-13,15-31H,1,6,8,14H2,2-3H3/b18-5-,42-32-,43-37-. The predicted octanol–water partition coefficient (Wildman–Crippen LogP) is 11.9. The summed E-state index contributed by atoms with van der Waals surface area (Å²) < 4.78 is 0. The fraction of sp³-hybridized carbons (Fsp3) is 0.140. The van der Waals surface area contributed by atoms with Crippen LogP contribution in [0.25, 0.3) is 38.6 Å². The number of hydrogen-bond donors (Lipinski definition) is 0. The van der Waals surface area contributed by atoms with Crippen molar-refractivity contribution in [2.45, 2.75) is 39.0 Å². The van der Waals surface area contributed by atoms with E-state index in [9.17, 15) is 0 Å². The third-order valence-corrected chi connectivity index (χ3v) is 8.86. The van der Waals surface area contributed by atoms with Gasteiger partial charge in [0.15, 0.2) is 0 Å². The van der Waals surface area contributed by atoms with E-state index in [1.54, 1.807) is 0 Å². The van der Waals surface area contributed by atoms with Crippen LogP contribution in [-0.4, -0.2) is 4.98 Å². The van der Waals surface area contributed by atoms with E-state index in [1.165, 1.54) is 72.9 Å². The maximum absolute atomic E-state index is 4.16. The van der Waals surface area contributed by atoms with Gasteiger partial charge in [-0.15, -0.1) is 0 Å². The summed E-state index contributed by atoms with van der Waals surface area (Å²) in [6.07, 6.45) is 18.0. The van der Waals surface area contributed by atoms with E-state index in [4.69, 9.17) is 0 Å². The fourth-order valence-corrected chi connectivity index (χ4v) is 6.23. The summed E-state index contributed by atoms with van der Waals surface area (Å²) in [4.78, 5) is 4.16. The van der Waals surface area contributed by atoms with Crippen LogP contribution in [0.15, 0.2) is 169 Å². The number of pyridine rings is 1. The van der Waals surface area contributed by atoms with Gasteiger partial charge in [0.2, 0.25) is 0 Å². The van der Waals surface area contributed by atoms with Gasteiger partial charge in [0.25, 0.3) is 0 Å².